The predicted octanol–water partition coefficient (Wildman–Crippen LogP) is 3.92. The van der Waals surface area contributed by atoms with Crippen LogP contribution in [0.5, 0.6) is 0 Å². The molecule has 1 N–H and O–H groups in total. The van der Waals surface area contributed by atoms with Crippen molar-refractivity contribution < 1.29 is 13.2 Å². The minimum atomic E-state index is -3.98. The minimum Gasteiger partial charge on any atom is -0.349 e. The van der Waals surface area contributed by atoms with Gasteiger partial charge in [-0.05, 0) is 31.9 Å². The lowest BCUT2D eigenvalue weighted by atomic mass is 9.95. The third kappa shape index (κ3) is 3.56. The van der Waals surface area contributed by atoms with Gasteiger partial charge in [0.15, 0.2) is 4.91 Å². The summed E-state index contributed by atoms with van der Waals surface area (Å²) in [6.07, 6.45) is 1.69. The number of carbonyl (C=O) groups is 1. The molecule has 148 valence electrons. The molecule has 0 aliphatic carbocycles. The van der Waals surface area contributed by atoms with Crippen LogP contribution in [0.4, 0.5) is 5.69 Å². The van der Waals surface area contributed by atoms with Crippen LogP contribution >= 0.6 is 0 Å². The fraction of sp³-hybridized carbons (Fsp3) is 0.318. The Labute approximate surface area is 167 Å². The van der Waals surface area contributed by atoms with Crippen molar-refractivity contribution in [2.24, 2.45) is 0 Å². The summed E-state index contributed by atoms with van der Waals surface area (Å²) in [6, 6.07) is 16.5. The van der Waals surface area contributed by atoms with Crippen LogP contribution in [0.15, 0.2) is 59.5 Å². The highest BCUT2D eigenvalue weighted by Gasteiger charge is 2.40. The first kappa shape index (κ1) is 20.1. The van der Waals surface area contributed by atoms with Gasteiger partial charge in [0, 0.05) is 23.7 Å². The Morgan fingerprint density at radius 2 is 1.68 bits per heavy atom. The zero-order valence-electron chi connectivity index (χ0n) is 16.5. The Balaban J connectivity index is 2.29. The smallest absolute Gasteiger partial charge is 0.270 e. The second kappa shape index (κ2) is 8.19. The number of rotatable bonds is 6. The summed E-state index contributed by atoms with van der Waals surface area (Å²) >= 11 is 0. The van der Waals surface area contributed by atoms with Crippen molar-refractivity contribution in [3.63, 3.8) is 0 Å². The largest absolute Gasteiger partial charge is 0.349 e. The summed E-state index contributed by atoms with van der Waals surface area (Å²) in [5.74, 6) is -0.548. The Morgan fingerprint density at radius 3 is 2.32 bits per heavy atom. The number of hydrogen-bond acceptors (Lipinski definition) is 3. The van der Waals surface area contributed by atoms with Gasteiger partial charge in [-0.15, -0.1) is 0 Å². The summed E-state index contributed by atoms with van der Waals surface area (Å²) in [4.78, 5) is 13.0. The average Bonchev–Trinajstić information content (AvgIpc) is 2.67. The highest BCUT2D eigenvalue weighted by molar-refractivity contribution is 7.97. The molecule has 5 nitrogen and oxygen atoms in total. The van der Waals surface area contributed by atoms with E-state index in [1.54, 1.807) is 13.0 Å². The van der Waals surface area contributed by atoms with E-state index in [9.17, 15) is 13.2 Å². The van der Waals surface area contributed by atoms with Crippen LogP contribution in [-0.2, 0) is 14.8 Å². The number of anilines is 1. The first-order valence-corrected chi connectivity index (χ1v) is 11.1. The van der Waals surface area contributed by atoms with Gasteiger partial charge in [0.05, 0.1) is 5.69 Å². The van der Waals surface area contributed by atoms with Crippen molar-refractivity contribution in [1.29, 1.82) is 0 Å². The number of carbonyl (C=O) groups excluding carboxylic acids is 1. The zero-order chi connectivity index (χ0) is 20.3. The van der Waals surface area contributed by atoms with Crippen molar-refractivity contribution in [3.05, 3.63) is 70.6 Å². The molecule has 1 atom stereocenters. The first-order valence-electron chi connectivity index (χ1n) is 9.64. The SMILES string of the molecule is CCCC(C)NC(=O)C1=C(c2ccccc2)c2ccccc2N(CC)S1(=O)=O. The molecule has 0 saturated carbocycles. The lowest BCUT2D eigenvalue weighted by molar-refractivity contribution is -0.117. The van der Waals surface area contributed by atoms with Gasteiger partial charge in [0.25, 0.3) is 15.9 Å². The molecule has 2 aromatic rings. The summed E-state index contributed by atoms with van der Waals surface area (Å²) in [5, 5.41) is 2.88. The van der Waals surface area contributed by atoms with Crippen LogP contribution in [0.3, 0.4) is 0 Å². The Kier molecular flexibility index (Phi) is 5.89. The van der Waals surface area contributed by atoms with Gasteiger partial charge in [-0.3, -0.25) is 9.10 Å². The van der Waals surface area contributed by atoms with E-state index in [-0.39, 0.29) is 17.5 Å². The molecular formula is C22H26N2O3S. The molecule has 1 aliphatic heterocycles. The third-order valence-corrected chi connectivity index (χ3v) is 6.81. The van der Waals surface area contributed by atoms with Crippen LogP contribution in [0.2, 0.25) is 0 Å². The monoisotopic (exact) mass is 398 g/mol. The summed E-state index contributed by atoms with van der Waals surface area (Å²) in [7, 11) is -3.98. The average molecular weight is 399 g/mol. The van der Waals surface area contributed by atoms with Crippen molar-refractivity contribution in [1.82, 2.24) is 5.32 Å². The molecular weight excluding hydrogens is 372 g/mol. The van der Waals surface area contributed by atoms with E-state index in [0.29, 0.717) is 16.8 Å². The quantitative estimate of drug-likeness (QED) is 0.802. The minimum absolute atomic E-state index is 0.107. The fourth-order valence-corrected chi connectivity index (χ4v) is 5.41. The molecule has 0 saturated heterocycles. The molecule has 1 heterocycles. The molecule has 0 aromatic heterocycles. The van der Waals surface area contributed by atoms with E-state index >= 15 is 0 Å². The molecule has 6 heteroatoms. The van der Waals surface area contributed by atoms with Crippen molar-refractivity contribution in [2.75, 3.05) is 10.8 Å². The van der Waals surface area contributed by atoms with Crippen LogP contribution in [-0.4, -0.2) is 26.9 Å². The molecule has 2 aromatic carbocycles. The standard InChI is InChI=1S/C22H26N2O3S/c1-4-11-16(3)23-22(25)21-20(17-12-7-6-8-13-17)18-14-9-10-15-19(18)24(5-2)28(21,26)27/h6-10,12-16H,4-5,11H2,1-3H3,(H,23,25). The zero-order valence-corrected chi connectivity index (χ0v) is 17.3. The highest BCUT2D eigenvalue weighted by atomic mass is 32.2. The number of benzene rings is 2. The fourth-order valence-electron chi connectivity index (χ4n) is 3.65. The van der Waals surface area contributed by atoms with E-state index in [1.165, 1.54) is 4.31 Å². The Hall–Kier alpha value is -2.60. The number of sulfonamides is 1. The second-order valence-electron chi connectivity index (χ2n) is 6.92. The highest BCUT2D eigenvalue weighted by Crippen LogP contribution is 2.42. The molecule has 28 heavy (non-hydrogen) atoms. The van der Waals surface area contributed by atoms with Gasteiger partial charge >= 0.3 is 0 Å². The molecule has 0 radical (unpaired) electrons. The van der Waals surface area contributed by atoms with Crippen LogP contribution in [0.1, 0.15) is 44.7 Å². The molecule has 1 aliphatic rings. The first-order chi connectivity index (χ1) is 13.4. The predicted molar refractivity (Wildman–Crippen MR) is 113 cm³/mol. The van der Waals surface area contributed by atoms with Gasteiger partial charge in [0.1, 0.15) is 0 Å². The molecule has 3 rings (SSSR count). The topological polar surface area (TPSA) is 66.5 Å². The van der Waals surface area contributed by atoms with Gasteiger partial charge in [-0.25, -0.2) is 8.42 Å². The van der Waals surface area contributed by atoms with Crippen molar-refractivity contribution in [3.8, 4) is 0 Å². The summed E-state index contributed by atoms with van der Waals surface area (Å²) in [6.45, 7) is 5.95. The number of nitrogens with one attached hydrogen (secondary N) is 1. The molecule has 1 amide bonds. The maximum Gasteiger partial charge on any atom is 0.270 e. The maximum absolute atomic E-state index is 13.5. The maximum atomic E-state index is 13.5. The van der Waals surface area contributed by atoms with Crippen molar-refractivity contribution in [2.45, 2.75) is 39.7 Å². The van der Waals surface area contributed by atoms with E-state index in [0.717, 1.165) is 18.4 Å². The van der Waals surface area contributed by atoms with Gasteiger partial charge < -0.3 is 5.32 Å². The number of fused-ring (bicyclic) bond motifs is 1. The van der Waals surface area contributed by atoms with Gasteiger partial charge in [-0.2, -0.15) is 0 Å². The second-order valence-corrected chi connectivity index (χ2v) is 8.72. The Morgan fingerprint density at radius 1 is 1.04 bits per heavy atom. The van der Waals surface area contributed by atoms with E-state index in [1.807, 2.05) is 62.4 Å². The molecule has 1 unspecified atom stereocenters. The lowest BCUT2D eigenvalue weighted by Crippen LogP contribution is -2.43. The lowest BCUT2D eigenvalue weighted by Gasteiger charge is -2.33. The summed E-state index contributed by atoms with van der Waals surface area (Å²) in [5.41, 5.74) is 2.52. The summed E-state index contributed by atoms with van der Waals surface area (Å²) < 4.78 is 28.3. The molecule has 0 spiro atoms. The Bertz CT molecular complexity index is 997. The van der Waals surface area contributed by atoms with Gasteiger partial charge in [-0.1, -0.05) is 61.9 Å². The molecule has 0 bridgehead atoms. The number of hydrogen-bond donors (Lipinski definition) is 1. The van der Waals surface area contributed by atoms with Gasteiger partial charge in [0.2, 0.25) is 0 Å². The number of amides is 1. The van der Waals surface area contributed by atoms with E-state index in [2.05, 4.69) is 5.32 Å². The number of para-hydroxylation sites is 1. The van der Waals surface area contributed by atoms with E-state index < -0.39 is 15.9 Å². The third-order valence-electron chi connectivity index (χ3n) is 4.87. The van der Waals surface area contributed by atoms with Crippen molar-refractivity contribution >= 4 is 27.2 Å². The van der Waals surface area contributed by atoms with E-state index in [4.69, 9.17) is 0 Å². The molecule has 0 fully saturated rings. The number of nitrogens with zero attached hydrogens (tertiary/aromatic N) is 1. The van der Waals surface area contributed by atoms with Crippen LogP contribution in [0.25, 0.3) is 5.57 Å². The normalized spacial score (nSPS) is 16.5. The van der Waals surface area contributed by atoms with Crippen LogP contribution in [0, 0.1) is 0 Å². The van der Waals surface area contributed by atoms with Crippen LogP contribution < -0.4 is 9.62 Å².